The predicted octanol–water partition coefficient (Wildman–Crippen LogP) is 3.02. The third kappa shape index (κ3) is 4.84. The molecule has 1 aromatic carbocycles. The molecule has 1 N–H and O–H groups in total. The number of para-hydroxylation sites is 1. The van der Waals surface area contributed by atoms with Crippen molar-refractivity contribution in [1.82, 2.24) is 9.80 Å². The Morgan fingerprint density at radius 1 is 1.20 bits per heavy atom. The highest BCUT2D eigenvalue weighted by Crippen LogP contribution is 2.28. The van der Waals surface area contributed by atoms with Crippen molar-refractivity contribution >= 4 is 6.08 Å². The molecule has 1 aliphatic carbocycles. The van der Waals surface area contributed by atoms with Crippen LogP contribution < -0.4 is 4.74 Å². The third-order valence-corrected chi connectivity index (χ3v) is 5.67. The van der Waals surface area contributed by atoms with E-state index in [1.807, 2.05) is 18.2 Å². The second-order valence-electron chi connectivity index (χ2n) is 7.25. The fraction of sp³-hybridized carbons (Fsp3) is 0.619. The van der Waals surface area contributed by atoms with E-state index in [1.165, 1.54) is 25.7 Å². The van der Waals surface area contributed by atoms with Crippen molar-refractivity contribution in [2.45, 2.75) is 44.2 Å². The highest BCUT2D eigenvalue weighted by atomic mass is 16.5. The Morgan fingerprint density at radius 3 is 2.76 bits per heavy atom. The molecule has 1 saturated carbocycles. The first-order valence-electron chi connectivity index (χ1n) is 9.70. The summed E-state index contributed by atoms with van der Waals surface area (Å²) in [6, 6.07) is 9.38. The maximum absolute atomic E-state index is 9.47. The summed E-state index contributed by atoms with van der Waals surface area (Å²) < 4.78 is 5.41. The van der Waals surface area contributed by atoms with Gasteiger partial charge in [0.1, 0.15) is 5.75 Å². The van der Waals surface area contributed by atoms with Gasteiger partial charge in [-0.15, -0.1) is 0 Å². The molecule has 4 nitrogen and oxygen atoms in total. The van der Waals surface area contributed by atoms with Gasteiger partial charge >= 0.3 is 0 Å². The lowest BCUT2D eigenvalue weighted by Crippen LogP contribution is -2.56. The normalized spacial score (nSPS) is 23.5. The van der Waals surface area contributed by atoms with Gasteiger partial charge in [0.2, 0.25) is 0 Å². The van der Waals surface area contributed by atoms with Gasteiger partial charge in [0.25, 0.3) is 0 Å². The van der Waals surface area contributed by atoms with Crippen molar-refractivity contribution in [3.05, 3.63) is 35.9 Å². The van der Waals surface area contributed by atoms with E-state index in [0.29, 0.717) is 12.6 Å². The molecule has 1 heterocycles. The van der Waals surface area contributed by atoms with E-state index in [9.17, 15) is 5.11 Å². The summed E-state index contributed by atoms with van der Waals surface area (Å²) in [6.07, 6.45) is 10.7. The monoisotopic (exact) mass is 344 g/mol. The quantitative estimate of drug-likeness (QED) is 0.825. The van der Waals surface area contributed by atoms with Crippen LogP contribution in [0.25, 0.3) is 6.08 Å². The Morgan fingerprint density at radius 2 is 2.00 bits per heavy atom. The van der Waals surface area contributed by atoms with Gasteiger partial charge in [0, 0.05) is 50.4 Å². The average molecular weight is 344 g/mol. The molecule has 2 aliphatic rings. The predicted molar refractivity (Wildman–Crippen MR) is 103 cm³/mol. The fourth-order valence-corrected chi connectivity index (χ4v) is 4.36. The SMILES string of the molecule is COc1ccccc1/C=C/CN1CCN(C2CCCC2)C(CCO)C1. The molecule has 2 fully saturated rings. The van der Waals surface area contributed by atoms with E-state index in [0.717, 1.165) is 50.0 Å². The summed E-state index contributed by atoms with van der Waals surface area (Å²) in [4.78, 5) is 5.20. The van der Waals surface area contributed by atoms with E-state index in [1.54, 1.807) is 7.11 Å². The number of piperazine rings is 1. The molecule has 0 spiro atoms. The van der Waals surface area contributed by atoms with Crippen LogP contribution in [0.15, 0.2) is 30.3 Å². The van der Waals surface area contributed by atoms with E-state index in [2.05, 4.69) is 28.0 Å². The van der Waals surface area contributed by atoms with Crippen LogP contribution in [0.3, 0.4) is 0 Å². The Hall–Kier alpha value is -1.36. The van der Waals surface area contributed by atoms with Gasteiger partial charge in [-0.05, 0) is 25.3 Å². The van der Waals surface area contributed by atoms with Crippen LogP contribution in [0.4, 0.5) is 0 Å². The molecular formula is C21H32N2O2. The molecule has 138 valence electrons. The Labute approximate surface area is 152 Å². The van der Waals surface area contributed by atoms with Crippen LogP contribution in [0.2, 0.25) is 0 Å². The lowest BCUT2D eigenvalue weighted by molar-refractivity contribution is 0.0347. The molecule has 0 radical (unpaired) electrons. The average Bonchev–Trinajstić information content (AvgIpc) is 3.17. The first kappa shape index (κ1) is 18.4. The van der Waals surface area contributed by atoms with Gasteiger partial charge in [-0.1, -0.05) is 43.2 Å². The number of methoxy groups -OCH3 is 1. The number of rotatable bonds is 7. The summed E-state index contributed by atoms with van der Waals surface area (Å²) in [5.41, 5.74) is 1.13. The molecular weight excluding hydrogens is 312 g/mol. The summed E-state index contributed by atoms with van der Waals surface area (Å²) in [6.45, 7) is 4.57. The maximum atomic E-state index is 9.47. The number of hydrogen-bond acceptors (Lipinski definition) is 4. The molecule has 1 unspecified atom stereocenters. The summed E-state index contributed by atoms with van der Waals surface area (Å²) in [7, 11) is 1.72. The smallest absolute Gasteiger partial charge is 0.126 e. The summed E-state index contributed by atoms with van der Waals surface area (Å²) >= 11 is 0. The minimum Gasteiger partial charge on any atom is -0.496 e. The van der Waals surface area contributed by atoms with Gasteiger partial charge in [0.05, 0.1) is 7.11 Å². The first-order chi connectivity index (χ1) is 12.3. The van der Waals surface area contributed by atoms with Crippen molar-refractivity contribution in [2.24, 2.45) is 0 Å². The fourth-order valence-electron chi connectivity index (χ4n) is 4.36. The van der Waals surface area contributed by atoms with E-state index in [4.69, 9.17) is 4.74 Å². The number of ether oxygens (including phenoxy) is 1. The summed E-state index contributed by atoms with van der Waals surface area (Å²) in [5.74, 6) is 0.919. The van der Waals surface area contributed by atoms with Crippen LogP contribution in [0.5, 0.6) is 5.75 Å². The Kier molecular flexibility index (Phi) is 6.91. The highest BCUT2D eigenvalue weighted by Gasteiger charge is 2.32. The first-order valence-corrected chi connectivity index (χ1v) is 9.70. The molecule has 0 bridgehead atoms. The van der Waals surface area contributed by atoms with Crippen LogP contribution in [-0.4, -0.2) is 66.9 Å². The van der Waals surface area contributed by atoms with Crippen molar-refractivity contribution in [3.8, 4) is 5.75 Å². The zero-order valence-corrected chi connectivity index (χ0v) is 15.4. The zero-order chi connectivity index (χ0) is 17.5. The van der Waals surface area contributed by atoms with Crippen molar-refractivity contribution in [3.63, 3.8) is 0 Å². The molecule has 1 atom stereocenters. The number of hydrogen-bond donors (Lipinski definition) is 1. The minimum atomic E-state index is 0.290. The van der Waals surface area contributed by atoms with Gasteiger partial charge < -0.3 is 9.84 Å². The molecule has 1 saturated heterocycles. The number of aliphatic hydroxyl groups is 1. The van der Waals surface area contributed by atoms with Crippen molar-refractivity contribution in [1.29, 1.82) is 0 Å². The Bertz CT molecular complexity index is 555. The van der Waals surface area contributed by atoms with Crippen molar-refractivity contribution in [2.75, 3.05) is 39.9 Å². The molecule has 25 heavy (non-hydrogen) atoms. The topological polar surface area (TPSA) is 35.9 Å². The van der Waals surface area contributed by atoms with Gasteiger partial charge in [0.15, 0.2) is 0 Å². The maximum Gasteiger partial charge on any atom is 0.126 e. The van der Waals surface area contributed by atoms with Crippen molar-refractivity contribution < 1.29 is 9.84 Å². The lowest BCUT2D eigenvalue weighted by Gasteiger charge is -2.44. The molecule has 3 rings (SSSR count). The second-order valence-corrected chi connectivity index (χ2v) is 7.25. The van der Waals surface area contributed by atoms with Gasteiger partial charge in [-0.25, -0.2) is 0 Å². The second kappa shape index (κ2) is 9.37. The minimum absolute atomic E-state index is 0.290. The third-order valence-electron chi connectivity index (χ3n) is 5.67. The number of nitrogens with zero attached hydrogens (tertiary/aromatic N) is 2. The van der Waals surface area contributed by atoms with Crippen LogP contribution >= 0.6 is 0 Å². The van der Waals surface area contributed by atoms with Crippen LogP contribution in [-0.2, 0) is 0 Å². The number of aliphatic hydroxyl groups excluding tert-OH is 1. The largest absolute Gasteiger partial charge is 0.496 e. The molecule has 1 aliphatic heterocycles. The van der Waals surface area contributed by atoms with Gasteiger partial charge in [-0.2, -0.15) is 0 Å². The number of benzene rings is 1. The van der Waals surface area contributed by atoms with E-state index >= 15 is 0 Å². The molecule has 0 amide bonds. The van der Waals surface area contributed by atoms with E-state index < -0.39 is 0 Å². The van der Waals surface area contributed by atoms with Crippen LogP contribution in [0, 0.1) is 0 Å². The van der Waals surface area contributed by atoms with Gasteiger partial charge in [-0.3, -0.25) is 9.80 Å². The standard InChI is InChI=1S/C21H32N2O2/c1-25-21-11-5-2-7-18(21)8-6-13-22-14-15-23(19-9-3-4-10-19)20(17-22)12-16-24/h2,5-8,11,19-20,24H,3-4,9-10,12-17H2,1H3/b8-6+. The molecule has 1 aromatic rings. The zero-order valence-electron chi connectivity index (χ0n) is 15.4. The highest BCUT2D eigenvalue weighted by molar-refractivity contribution is 5.57. The van der Waals surface area contributed by atoms with E-state index in [-0.39, 0.29) is 0 Å². The molecule has 4 heteroatoms. The lowest BCUT2D eigenvalue weighted by atomic mass is 10.0. The van der Waals surface area contributed by atoms with Crippen LogP contribution in [0.1, 0.15) is 37.7 Å². The summed E-state index contributed by atoms with van der Waals surface area (Å²) in [5, 5.41) is 9.47. The Balaban J connectivity index is 1.56. The molecule has 0 aromatic heterocycles.